The van der Waals surface area contributed by atoms with Crippen LogP contribution in [0, 0.1) is 28.6 Å². The summed E-state index contributed by atoms with van der Waals surface area (Å²) in [6.45, 7) is 5.80. The Hall–Kier alpha value is -0.380. The van der Waals surface area contributed by atoms with Gasteiger partial charge in [0.1, 0.15) is 0 Å². The topological polar surface area (TPSA) is 38.7 Å². The Morgan fingerprint density at radius 2 is 1.93 bits per heavy atom. The van der Waals surface area contributed by atoms with Crippen molar-refractivity contribution < 1.29 is 14.6 Å². The van der Waals surface area contributed by atoms with Crippen LogP contribution in [0.3, 0.4) is 0 Å². The van der Waals surface area contributed by atoms with Gasteiger partial charge in [-0.25, -0.2) is 0 Å². The zero-order chi connectivity index (χ0) is 18.6. The largest absolute Gasteiger partial charge is 0.393 e. The first kappa shape index (κ1) is 18.6. The summed E-state index contributed by atoms with van der Waals surface area (Å²) in [5.74, 6) is 2.33. The number of allylic oxidation sites excluding steroid dienone is 1. The molecular weight excluding hydrogens is 336 g/mol. The third kappa shape index (κ3) is 2.95. The molecule has 0 spiro atoms. The molecule has 5 aliphatic rings. The van der Waals surface area contributed by atoms with Crippen molar-refractivity contribution in [1.29, 1.82) is 0 Å². The average Bonchev–Trinajstić information content (AvgIpc) is 2.98. The maximum Gasteiger partial charge on any atom is 0.157 e. The maximum absolute atomic E-state index is 10.6. The molecular formula is C24H38O3. The van der Waals surface area contributed by atoms with Crippen molar-refractivity contribution in [2.24, 2.45) is 28.6 Å². The van der Waals surface area contributed by atoms with Crippen molar-refractivity contribution in [1.82, 2.24) is 0 Å². The van der Waals surface area contributed by atoms with Gasteiger partial charge < -0.3 is 14.6 Å². The van der Waals surface area contributed by atoms with Crippen LogP contribution in [-0.2, 0) is 9.47 Å². The van der Waals surface area contributed by atoms with E-state index in [1.54, 1.807) is 5.57 Å². The fourth-order valence-corrected chi connectivity index (χ4v) is 7.75. The van der Waals surface area contributed by atoms with E-state index in [1.165, 1.54) is 51.4 Å². The summed E-state index contributed by atoms with van der Waals surface area (Å²) in [5.41, 5.74) is 2.23. The van der Waals surface area contributed by atoms with Crippen LogP contribution in [0.2, 0.25) is 0 Å². The molecule has 5 rings (SSSR count). The Balaban J connectivity index is 1.32. The van der Waals surface area contributed by atoms with Crippen molar-refractivity contribution in [3.63, 3.8) is 0 Å². The predicted octanol–water partition coefficient (Wildman–Crippen LogP) is 5.22. The standard InChI is InChI=1S/C24H38O3/c1-23-12-10-17(27-22-5-3-4-14-26-22)15-16(23)6-7-18-19-8-9-21(25)24(19,2)13-11-20(18)23/h6,17-22,25H,3-5,7-15H2,1-2H3/t17-,18+,19+,20+,21+,22+,23-,24-/m0/s1. The highest BCUT2D eigenvalue weighted by Gasteiger charge is 2.58. The van der Waals surface area contributed by atoms with E-state index in [4.69, 9.17) is 9.47 Å². The fourth-order valence-electron chi connectivity index (χ4n) is 7.75. The van der Waals surface area contributed by atoms with Gasteiger partial charge in [-0.2, -0.15) is 0 Å². The first-order valence-corrected chi connectivity index (χ1v) is 11.7. The monoisotopic (exact) mass is 374 g/mol. The molecule has 4 aliphatic carbocycles. The van der Waals surface area contributed by atoms with Gasteiger partial charge in [-0.05, 0) is 99.2 Å². The lowest BCUT2D eigenvalue weighted by molar-refractivity contribution is -0.195. The molecule has 3 saturated carbocycles. The highest BCUT2D eigenvalue weighted by Crippen LogP contribution is 2.64. The van der Waals surface area contributed by atoms with E-state index in [0.717, 1.165) is 43.6 Å². The van der Waals surface area contributed by atoms with Crippen LogP contribution in [0.15, 0.2) is 11.6 Å². The second-order valence-electron chi connectivity index (χ2n) is 10.7. The molecule has 152 valence electrons. The summed E-state index contributed by atoms with van der Waals surface area (Å²) in [5, 5.41) is 10.6. The number of aliphatic hydroxyl groups is 1. The van der Waals surface area contributed by atoms with Crippen molar-refractivity contribution >= 4 is 0 Å². The number of ether oxygens (including phenoxy) is 2. The van der Waals surface area contributed by atoms with Gasteiger partial charge in [0, 0.05) is 6.61 Å². The average molecular weight is 375 g/mol. The molecule has 0 aromatic rings. The van der Waals surface area contributed by atoms with Gasteiger partial charge in [0.2, 0.25) is 0 Å². The van der Waals surface area contributed by atoms with E-state index < -0.39 is 0 Å². The first-order valence-electron chi connectivity index (χ1n) is 11.7. The van der Waals surface area contributed by atoms with Crippen LogP contribution in [0.4, 0.5) is 0 Å². The van der Waals surface area contributed by atoms with Gasteiger partial charge in [0.15, 0.2) is 6.29 Å². The highest BCUT2D eigenvalue weighted by molar-refractivity contribution is 5.25. The summed E-state index contributed by atoms with van der Waals surface area (Å²) >= 11 is 0. The van der Waals surface area contributed by atoms with Crippen LogP contribution in [0.25, 0.3) is 0 Å². The number of fused-ring (bicyclic) bond motifs is 5. The Morgan fingerprint density at radius 3 is 2.74 bits per heavy atom. The number of hydrogen-bond acceptors (Lipinski definition) is 3. The van der Waals surface area contributed by atoms with Crippen LogP contribution < -0.4 is 0 Å². The van der Waals surface area contributed by atoms with E-state index in [1.807, 2.05) is 0 Å². The molecule has 1 saturated heterocycles. The quantitative estimate of drug-likeness (QED) is 0.673. The van der Waals surface area contributed by atoms with Crippen LogP contribution in [0.1, 0.15) is 84.5 Å². The number of hydrogen-bond donors (Lipinski definition) is 1. The number of aliphatic hydroxyl groups excluding tert-OH is 1. The van der Waals surface area contributed by atoms with Crippen molar-refractivity contribution in [3.8, 4) is 0 Å². The van der Waals surface area contributed by atoms with Gasteiger partial charge in [-0.1, -0.05) is 25.5 Å². The molecule has 0 unspecified atom stereocenters. The smallest absolute Gasteiger partial charge is 0.157 e. The third-order valence-corrected chi connectivity index (χ3v) is 9.49. The predicted molar refractivity (Wildman–Crippen MR) is 106 cm³/mol. The first-order chi connectivity index (χ1) is 13.0. The minimum Gasteiger partial charge on any atom is -0.393 e. The lowest BCUT2D eigenvalue weighted by Gasteiger charge is -2.57. The van der Waals surface area contributed by atoms with Gasteiger partial charge in [-0.15, -0.1) is 0 Å². The molecule has 0 aromatic heterocycles. The molecule has 0 aromatic carbocycles. The van der Waals surface area contributed by atoms with Crippen molar-refractivity contribution in [2.45, 2.75) is 103 Å². The van der Waals surface area contributed by atoms with Crippen LogP contribution in [0.5, 0.6) is 0 Å². The Kier molecular flexibility index (Phi) is 4.73. The van der Waals surface area contributed by atoms with Crippen LogP contribution >= 0.6 is 0 Å². The second-order valence-corrected chi connectivity index (χ2v) is 10.7. The lowest BCUT2D eigenvalue weighted by atomic mass is 9.48. The molecule has 0 amide bonds. The number of rotatable bonds is 2. The van der Waals surface area contributed by atoms with E-state index in [2.05, 4.69) is 19.9 Å². The molecule has 8 atom stereocenters. The van der Waals surface area contributed by atoms with Crippen molar-refractivity contribution in [2.75, 3.05) is 6.61 Å². The third-order valence-electron chi connectivity index (χ3n) is 9.49. The minimum absolute atomic E-state index is 0.0420. The molecule has 1 N–H and O–H groups in total. The normalized spacial score (nSPS) is 52.5. The van der Waals surface area contributed by atoms with E-state index in [9.17, 15) is 5.11 Å². The summed E-state index contributed by atoms with van der Waals surface area (Å²) in [6, 6.07) is 0. The van der Waals surface area contributed by atoms with E-state index in [0.29, 0.717) is 11.5 Å². The minimum atomic E-state index is -0.0683. The van der Waals surface area contributed by atoms with Gasteiger partial charge >= 0.3 is 0 Å². The summed E-state index contributed by atoms with van der Waals surface area (Å²) in [4.78, 5) is 0. The Labute approximate surface area is 164 Å². The highest BCUT2D eigenvalue weighted by atomic mass is 16.7. The van der Waals surface area contributed by atoms with E-state index in [-0.39, 0.29) is 17.8 Å². The zero-order valence-electron chi connectivity index (χ0n) is 17.3. The molecule has 0 bridgehead atoms. The maximum atomic E-state index is 10.6. The summed E-state index contributed by atoms with van der Waals surface area (Å²) in [7, 11) is 0. The Bertz CT molecular complexity index is 594. The fraction of sp³-hybridized carbons (Fsp3) is 0.917. The van der Waals surface area contributed by atoms with Crippen molar-refractivity contribution in [3.05, 3.63) is 11.6 Å². The second kappa shape index (κ2) is 6.85. The van der Waals surface area contributed by atoms with Gasteiger partial charge in [0.05, 0.1) is 12.2 Å². The SMILES string of the molecule is C[C@]12CC[C@@H]3[C@H](CC=C4C[C@@H](O[C@@H]5CCCCO5)CC[C@@]43C)[C@H]1CC[C@H]2O. The molecule has 1 heterocycles. The van der Waals surface area contributed by atoms with E-state index >= 15 is 0 Å². The van der Waals surface area contributed by atoms with Gasteiger partial charge in [-0.3, -0.25) is 0 Å². The molecule has 1 aliphatic heterocycles. The molecule has 27 heavy (non-hydrogen) atoms. The lowest BCUT2D eigenvalue weighted by Crippen LogP contribution is -2.51. The molecule has 3 nitrogen and oxygen atoms in total. The van der Waals surface area contributed by atoms with Crippen LogP contribution in [-0.4, -0.2) is 30.2 Å². The van der Waals surface area contributed by atoms with Gasteiger partial charge in [0.25, 0.3) is 0 Å². The zero-order valence-corrected chi connectivity index (χ0v) is 17.3. The molecule has 3 heteroatoms. The molecule has 4 fully saturated rings. The Morgan fingerprint density at radius 1 is 1.04 bits per heavy atom. The summed E-state index contributed by atoms with van der Waals surface area (Å²) < 4.78 is 12.2. The summed E-state index contributed by atoms with van der Waals surface area (Å²) in [6.07, 6.45) is 16.0. The molecule has 0 radical (unpaired) electrons.